The zero-order chi connectivity index (χ0) is 15.2. The van der Waals surface area contributed by atoms with Gasteiger partial charge in [0.15, 0.2) is 0 Å². The molecule has 3 N–H and O–H groups in total. The van der Waals surface area contributed by atoms with Crippen LogP contribution in [-0.4, -0.2) is 24.6 Å². The predicted octanol–water partition coefficient (Wildman–Crippen LogP) is 2.32. The van der Waals surface area contributed by atoms with Crippen molar-refractivity contribution in [3.05, 3.63) is 29.3 Å². The zero-order valence-electron chi connectivity index (χ0n) is 13.0. The van der Waals surface area contributed by atoms with Gasteiger partial charge in [-0.05, 0) is 57.4 Å². The lowest BCUT2D eigenvalue weighted by molar-refractivity contribution is -0.122. The van der Waals surface area contributed by atoms with Crippen molar-refractivity contribution >= 4 is 5.91 Å². The van der Waals surface area contributed by atoms with Crippen LogP contribution in [0.2, 0.25) is 0 Å². The second-order valence-corrected chi connectivity index (χ2v) is 5.83. The Labute approximate surface area is 121 Å². The van der Waals surface area contributed by atoms with E-state index in [1.54, 1.807) is 0 Å². The summed E-state index contributed by atoms with van der Waals surface area (Å²) in [6, 6.07) is 6.02. The maximum absolute atomic E-state index is 11.7. The normalized spacial score (nSPS) is 11.2. The van der Waals surface area contributed by atoms with Crippen molar-refractivity contribution in [2.75, 3.05) is 13.2 Å². The molecule has 0 spiro atoms. The van der Waals surface area contributed by atoms with Crippen molar-refractivity contribution < 1.29 is 9.53 Å². The van der Waals surface area contributed by atoms with Crippen molar-refractivity contribution in [3.63, 3.8) is 0 Å². The molecule has 0 aliphatic carbocycles. The van der Waals surface area contributed by atoms with Gasteiger partial charge >= 0.3 is 0 Å². The number of ether oxygens (including phenoxy) is 1. The van der Waals surface area contributed by atoms with E-state index in [1.807, 2.05) is 32.0 Å². The molecule has 0 aromatic heterocycles. The van der Waals surface area contributed by atoms with Crippen LogP contribution in [0.1, 0.15) is 37.8 Å². The Kier molecular flexibility index (Phi) is 6.02. The van der Waals surface area contributed by atoms with E-state index in [-0.39, 0.29) is 11.4 Å². The highest BCUT2D eigenvalue weighted by molar-refractivity contribution is 5.76. The first-order chi connectivity index (χ1) is 9.34. The van der Waals surface area contributed by atoms with Crippen LogP contribution in [0.4, 0.5) is 0 Å². The van der Waals surface area contributed by atoms with Gasteiger partial charge in [-0.3, -0.25) is 4.79 Å². The minimum absolute atomic E-state index is 0.0177. The van der Waals surface area contributed by atoms with E-state index in [4.69, 9.17) is 10.5 Å². The standard InChI is InChI=1S/C16H26N2O2/c1-12-7-8-14(10-13(12)2)20-9-5-6-15(19)18-16(3,4)11-17/h7-8,10H,5-6,9,11,17H2,1-4H3,(H,18,19). The number of hydrogen-bond acceptors (Lipinski definition) is 3. The minimum Gasteiger partial charge on any atom is -0.494 e. The van der Waals surface area contributed by atoms with Gasteiger partial charge in [0.05, 0.1) is 6.61 Å². The largest absolute Gasteiger partial charge is 0.494 e. The molecule has 1 aromatic carbocycles. The molecular formula is C16H26N2O2. The first kappa shape index (κ1) is 16.5. The fourth-order valence-electron chi connectivity index (χ4n) is 1.72. The molecule has 0 radical (unpaired) electrons. The monoisotopic (exact) mass is 278 g/mol. The molecule has 0 saturated heterocycles. The van der Waals surface area contributed by atoms with Gasteiger partial charge in [0.2, 0.25) is 5.91 Å². The van der Waals surface area contributed by atoms with Crippen LogP contribution in [0.3, 0.4) is 0 Å². The highest BCUT2D eigenvalue weighted by Gasteiger charge is 2.17. The lowest BCUT2D eigenvalue weighted by atomic mass is 10.1. The van der Waals surface area contributed by atoms with Crippen LogP contribution in [-0.2, 0) is 4.79 Å². The summed E-state index contributed by atoms with van der Waals surface area (Å²) in [4.78, 5) is 11.7. The Bertz CT molecular complexity index is 456. The molecular weight excluding hydrogens is 252 g/mol. The van der Waals surface area contributed by atoms with E-state index < -0.39 is 0 Å². The molecule has 4 nitrogen and oxygen atoms in total. The fraction of sp³-hybridized carbons (Fsp3) is 0.562. The second kappa shape index (κ2) is 7.29. The average Bonchev–Trinajstić information content (AvgIpc) is 2.38. The minimum atomic E-state index is -0.341. The summed E-state index contributed by atoms with van der Waals surface area (Å²) in [6.45, 7) is 8.93. The molecule has 4 heteroatoms. The molecule has 0 aliphatic heterocycles. The van der Waals surface area contributed by atoms with E-state index in [0.29, 0.717) is 26.0 Å². The highest BCUT2D eigenvalue weighted by atomic mass is 16.5. The quantitative estimate of drug-likeness (QED) is 0.752. The van der Waals surface area contributed by atoms with E-state index in [1.165, 1.54) is 11.1 Å². The number of aryl methyl sites for hydroxylation is 2. The second-order valence-electron chi connectivity index (χ2n) is 5.83. The molecule has 0 fully saturated rings. The van der Waals surface area contributed by atoms with Crippen LogP contribution >= 0.6 is 0 Å². The van der Waals surface area contributed by atoms with Gasteiger partial charge in [-0.15, -0.1) is 0 Å². The number of hydrogen-bond donors (Lipinski definition) is 2. The molecule has 112 valence electrons. The maximum atomic E-state index is 11.7. The first-order valence-electron chi connectivity index (χ1n) is 7.05. The Balaban J connectivity index is 2.28. The smallest absolute Gasteiger partial charge is 0.220 e. The summed E-state index contributed by atoms with van der Waals surface area (Å²) in [5.74, 6) is 0.875. The third kappa shape index (κ3) is 5.61. The summed E-state index contributed by atoms with van der Waals surface area (Å²) < 4.78 is 5.64. The summed E-state index contributed by atoms with van der Waals surface area (Å²) in [5.41, 5.74) is 7.69. The Hall–Kier alpha value is -1.55. The molecule has 0 saturated carbocycles. The number of carbonyl (C=O) groups excluding carboxylic acids is 1. The number of amides is 1. The third-order valence-corrected chi connectivity index (χ3v) is 3.28. The molecule has 0 aliphatic rings. The van der Waals surface area contributed by atoms with Crippen molar-refractivity contribution in [1.82, 2.24) is 5.32 Å². The third-order valence-electron chi connectivity index (χ3n) is 3.28. The van der Waals surface area contributed by atoms with Gasteiger partial charge in [-0.2, -0.15) is 0 Å². The topological polar surface area (TPSA) is 64.3 Å². The predicted molar refractivity (Wildman–Crippen MR) is 81.9 cm³/mol. The van der Waals surface area contributed by atoms with E-state index in [9.17, 15) is 4.79 Å². The molecule has 0 atom stereocenters. The summed E-state index contributed by atoms with van der Waals surface area (Å²) in [7, 11) is 0. The van der Waals surface area contributed by atoms with Gasteiger partial charge in [-0.1, -0.05) is 6.07 Å². The van der Waals surface area contributed by atoms with Crippen LogP contribution < -0.4 is 15.8 Å². The van der Waals surface area contributed by atoms with E-state index in [2.05, 4.69) is 19.2 Å². The zero-order valence-corrected chi connectivity index (χ0v) is 13.0. The average molecular weight is 278 g/mol. The molecule has 0 heterocycles. The van der Waals surface area contributed by atoms with Crippen molar-refractivity contribution in [3.8, 4) is 5.75 Å². The summed E-state index contributed by atoms with van der Waals surface area (Å²) >= 11 is 0. The van der Waals surface area contributed by atoms with Gasteiger partial charge < -0.3 is 15.8 Å². The first-order valence-corrected chi connectivity index (χ1v) is 7.05. The molecule has 20 heavy (non-hydrogen) atoms. The van der Waals surface area contributed by atoms with Gasteiger partial charge in [0.25, 0.3) is 0 Å². The Morgan fingerprint density at radius 1 is 1.30 bits per heavy atom. The number of nitrogens with one attached hydrogen (secondary N) is 1. The lowest BCUT2D eigenvalue weighted by Gasteiger charge is -2.24. The molecule has 0 bridgehead atoms. The van der Waals surface area contributed by atoms with E-state index in [0.717, 1.165) is 5.75 Å². The number of benzene rings is 1. The molecule has 0 unspecified atom stereocenters. The van der Waals surface area contributed by atoms with Crippen LogP contribution in [0.5, 0.6) is 5.75 Å². The SMILES string of the molecule is Cc1ccc(OCCCC(=O)NC(C)(C)CN)cc1C. The lowest BCUT2D eigenvalue weighted by Crippen LogP contribution is -2.48. The fourth-order valence-corrected chi connectivity index (χ4v) is 1.72. The number of rotatable bonds is 7. The van der Waals surface area contributed by atoms with E-state index >= 15 is 0 Å². The number of carbonyl (C=O) groups is 1. The van der Waals surface area contributed by atoms with Crippen LogP contribution in [0.25, 0.3) is 0 Å². The molecule has 1 aromatic rings. The van der Waals surface area contributed by atoms with Gasteiger partial charge in [0.1, 0.15) is 5.75 Å². The van der Waals surface area contributed by atoms with Crippen molar-refractivity contribution in [2.24, 2.45) is 5.73 Å². The summed E-state index contributed by atoms with van der Waals surface area (Å²) in [6.07, 6.45) is 1.15. The van der Waals surface area contributed by atoms with Crippen LogP contribution in [0.15, 0.2) is 18.2 Å². The van der Waals surface area contributed by atoms with Gasteiger partial charge in [0, 0.05) is 18.5 Å². The maximum Gasteiger partial charge on any atom is 0.220 e. The number of nitrogens with two attached hydrogens (primary N) is 1. The van der Waals surface area contributed by atoms with Crippen molar-refractivity contribution in [1.29, 1.82) is 0 Å². The van der Waals surface area contributed by atoms with Gasteiger partial charge in [-0.25, -0.2) is 0 Å². The Morgan fingerprint density at radius 3 is 2.60 bits per heavy atom. The molecule has 1 rings (SSSR count). The molecule has 1 amide bonds. The Morgan fingerprint density at radius 2 is 2.00 bits per heavy atom. The van der Waals surface area contributed by atoms with Crippen molar-refractivity contribution in [2.45, 2.75) is 46.1 Å². The van der Waals surface area contributed by atoms with Crippen LogP contribution in [0, 0.1) is 13.8 Å². The highest BCUT2D eigenvalue weighted by Crippen LogP contribution is 2.16. The summed E-state index contributed by atoms with van der Waals surface area (Å²) in [5, 5.41) is 2.90.